The zero-order valence-electron chi connectivity index (χ0n) is 11.4. The summed E-state index contributed by atoms with van der Waals surface area (Å²) in [6.45, 7) is 3.31. The molecule has 1 aromatic carbocycles. The van der Waals surface area contributed by atoms with Crippen molar-refractivity contribution in [3.8, 4) is 5.75 Å². The number of carbonyl (C=O) groups excluding carboxylic acids is 1. The van der Waals surface area contributed by atoms with E-state index in [4.69, 9.17) is 9.84 Å². The summed E-state index contributed by atoms with van der Waals surface area (Å²) in [5.74, 6) is -0.599. The molecule has 5 nitrogen and oxygen atoms in total. The van der Waals surface area contributed by atoms with Crippen LogP contribution in [0, 0.1) is 0 Å². The molecule has 0 heterocycles. The molecule has 0 aromatic heterocycles. The number of carboxylic acids is 1. The first-order chi connectivity index (χ1) is 8.97. The second-order valence-electron chi connectivity index (χ2n) is 4.30. The minimum absolute atomic E-state index is 0.256. The summed E-state index contributed by atoms with van der Waals surface area (Å²) in [4.78, 5) is 22.1. The summed E-state index contributed by atoms with van der Waals surface area (Å²) in [7, 11) is 1.60. The maximum atomic E-state index is 11.1. The summed E-state index contributed by atoms with van der Waals surface area (Å²) < 4.78 is 5.22. The van der Waals surface area contributed by atoms with Gasteiger partial charge >= 0.3 is 5.97 Å². The van der Waals surface area contributed by atoms with E-state index in [1.807, 2.05) is 25.1 Å². The molecule has 0 aliphatic heterocycles. The van der Waals surface area contributed by atoms with E-state index in [0.29, 0.717) is 0 Å². The van der Waals surface area contributed by atoms with Gasteiger partial charge in [-0.05, 0) is 23.6 Å². The normalized spacial score (nSPS) is 11.7. The van der Waals surface area contributed by atoms with Crippen LogP contribution in [0.5, 0.6) is 5.75 Å². The van der Waals surface area contributed by atoms with Crippen molar-refractivity contribution in [1.82, 2.24) is 5.32 Å². The highest BCUT2D eigenvalue weighted by molar-refractivity contribution is 5.82. The number of aryl methyl sites for hydroxylation is 1. The van der Waals surface area contributed by atoms with Crippen LogP contribution in [0.4, 0.5) is 0 Å². The van der Waals surface area contributed by atoms with Crippen molar-refractivity contribution in [2.75, 3.05) is 7.11 Å². The lowest BCUT2D eigenvalue weighted by molar-refractivity contribution is -0.141. The average Bonchev–Trinajstić information content (AvgIpc) is 2.37. The maximum absolute atomic E-state index is 11.1. The number of nitrogens with one attached hydrogen (secondary N) is 1. The summed E-state index contributed by atoms with van der Waals surface area (Å²) in [5, 5.41) is 11.5. The maximum Gasteiger partial charge on any atom is 0.326 e. The Hall–Kier alpha value is -2.04. The van der Waals surface area contributed by atoms with E-state index in [1.54, 1.807) is 7.11 Å². The van der Waals surface area contributed by atoms with Crippen molar-refractivity contribution in [2.45, 2.75) is 32.7 Å². The number of hydrogen-bond acceptors (Lipinski definition) is 3. The highest BCUT2D eigenvalue weighted by Gasteiger charge is 2.19. The number of benzene rings is 1. The fraction of sp³-hybridized carbons (Fsp3) is 0.429. The monoisotopic (exact) mass is 265 g/mol. The topological polar surface area (TPSA) is 75.6 Å². The van der Waals surface area contributed by atoms with Crippen LogP contribution in [-0.4, -0.2) is 30.1 Å². The molecule has 1 rings (SSSR count). The summed E-state index contributed by atoms with van der Waals surface area (Å²) >= 11 is 0. The number of rotatable bonds is 6. The quantitative estimate of drug-likeness (QED) is 0.815. The minimum atomic E-state index is -1.04. The van der Waals surface area contributed by atoms with Gasteiger partial charge in [0.05, 0.1) is 7.11 Å². The third-order valence-electron chi connectivity index (χ3n) is 2.84. The van der Waals surface area contributed by atoms with Crippen molar-refractivity contribution in [3.05, 3.63) is 29.3 Å². The van der Waals surface area contributed by atoms with E-state index in [2.05, 4.69) is 5.32 Å². The van der Waals surface area contributed by atoms with Gasteiger partial charge in [-0.15, -0.1) is 0 Å². The van der Waals surface area contributed by atoms with E-state index in [1.165, 1.54) is 6.92 Å². The van der Waals surface area contributed by atoms with Crippen LogP contribution >= 0.6 is 0 Å². The third-order valence-corrected chi connectivity index (χ3v) is 2.84. The van der Waals surface area contributed by atoms with Crippen molar-refractivity contribution in [2.24, 2.45) is 0 Å². The first kappa shape index (κ1) is 15.0. The van der Waals surface area contributed by atoms with Gasteiger partial charge in [-0.25, -0.2) is 4.79 Å². The number of carbonyl (C=O) groups is 2. The molecule has 0 bridgehead atoms. The van der Waals surface area contributed by atoms with Crippen LogP contribution in [0.15, 0.2) is 18.2 Å². The second-order valence-corrected chi connectivity index (χ2v) is 4.30. The van der Waals surface area contributed by atoms with Gasteiger partial charge in [0.15, 0.2) is 0 Å². The largest absolute Gasteiger partial charge is 0.496 e. The van der Waals surface area contributed by atoms with E-state index in [-0.39, 0.29) is 12.3 Å². The molecule has 1 amide bonds. The van der Waals surface area contributed by atoms with Gasteiger partial charge in [-0.1, -0.05) is 19.1 Å². The molecule has 0 spiro atoms. The number of methoxy groups -OCH3 is 1. The molecule has 1 atom stereocenters. The van der Waals surface area contributed by atoms with Gasteiger partial charge in [0.1, 0.15) is 11.8 Å². The third kappa shape index (κ3) is 4.28. The van der Waals surface area contributed by atoms with E-state index < -0.39 is 12.0 Å². The highest BCUT2D eigenvalue weighted by atomic mass is 16.5. The molecule has 1 aromatic rings. The van der Waals surface area contributed by atoms with Gasteiger partial charge in [0, 0.05) is 13.3 Å². The first-order valence-electron chi connectivity index (χ1n) is 6.13. The van der Waals surface area contributed by atoms with Crippen LogP contribution in [0.25, 0.3) is 0 Å². The van der Waals surface area contributed by atoms with Crippen LogP contribution in [-0.2, 0) is 22.4 Å². The Morgan fingerprint density at radius 2 is 2.11 bits per heavy atom. The lowest BCUT2D eigenvalue weighted by Gasteiger charge is -2.15. The van der Waals surface area contributed by atoms with Gasteiger partial charge in [-0.3, -0.25) is 4.79 Å². The molecule has 0 aliphatic rings. The predicted molar refractivity (Wildman–Crippen MR) is 71.3 cm³/mol. The molecule has 0 aliphatic carbocycles. The van der Waals surface area contributed by atoms with Crippen molar-refractivity contribution in [3.63, 3.8) is 0 Å². The Morgan fingerprint density at radius 3 is 2.58 bits per heavy atom. The Balaban J connectivity index is 2.90. The molecule has 0 fully saturated rings. The first-order valence-corrected chi connectivity index (χ1v) is 6.13. The standard InChI is InChI=1S/C14H19NO4/c1-4-11-7-10(5-6-13(11)19-3)8-12(14(17)18)15-9(2)16/h5-7,12H,4,8H2,1-3H3,(H,15,16)(H,17,18). The summed E-state index contributed by atoms with van der Waals surface area (Å²) in [5.41, 5.74) is 1.88. The number of hydrogen-bond donors (Lipinski definition) is 2. The van der Waals surface area contributed by atoms with Crippen molar-refractivity contribution in [1.29, 1.82) is 0 Å². The molecule has 104 valence electrons. The fourth-order valence-corrected chi connectivity index (χ4v) is 1.92. The summed E-state index contributed by atoms with van der Waals surface area (Å²) in [6, 6.07) is 4.64. The van der Waals surface area contributed by atoms with Crippen molar-refractivity contribution >= 4 is 11.9 Å². The molecule has 0 saturated heterocycles. The van der Waals surface area contributed by atoms with Gasteiger partial charge in [0.2, 0.25) is 5.91 Å². The predicted octanol–water partition coefficient (Wildman–Crippen LogP) is 1.39. The van der Waals surface area contributed by atoms with Gasteiger partial charge < -0.3 is 15.2 Å². The number of carboxylic acid groups (broad SMARTS) is 1. The zero-order chi connectivity index (χ0) is 14.4. The Morgan fingerprint density at radius 1 is 1.42 bits per heavy atom. The van der Waals surface area contributed by atoms with Gasteiger partial charge in [0.25, 0.3) is 0 Å². The SMILES string of the molecule is CCc1cc(CC(NC(C)=O)C(=O)O)ccc1OC. The number of amides is 1. The molecule has 0 radical (unpaired) electrons. The minimum Gasteiger partial charge on any atom is -0.496 e. The van der Waals surface area contributed by atoms with Gasteiger partial charge in [-0.2, -0.15) is 0 Å². The second kappa shape index (κ2) is 6.78. The molecular weight excluding hydrogens is 246 g/mol. The van der Waals surface area contributed by atoms with Crippen molar-refractivity contribution < 1.29 is 19.4 Å². The van der Waals surface area contributed by atoms with E-state index in [0.717, 1.165) is 23.3 Å². The van der Waals surface area contributed by atoms with Crippen LogP contribution < -0.4 is 10.1 Å². The lowest BCUT2D eigenvalue weighted by Crippen LogP contribution is -2.41. The fourth-order valence-electron chi connectivity index (χ4n) is 1.92. The highest BCUT2D eigenvalue weighted by Crippen LogP contribution is 2.21. The molecule has 5 heteroatoms. The molecule has 0 saturated carbocycles. The Kier molecular flexibility index (Phi) is 5.36. The number of aliphatic carboxylic acids is 1. The Bertz CT molecular complexity index is 471. The molecule has 2 N–H and O–H groups in total. The number of ether oxygens (including phenoxy) is 1. The molecule has 19 heavy (non-hydrogen) atoms. The van der Waals surface area contributed by atoms with Crippen LogP contribution in [0.2, 0.25) is 0 Å². The molecular formula is C14H19NO4. The average molecular weight is 265 g/mol. The summed E-state index contributed by atoms with van der Waals surface area (Å²) in [6.07, 6.45) is 1.06. The molecule has 1 unspecified atom stereocenters. The smallest absolute Gasteiger partial charge is 0.326 e. The van der Waals surface area contributed by atoms with E-state index in [9.17, 15) is 9.59 Å². The van der Waals surface area contributed by atoms with Crippen LogP contribution in [0.3, 0.4) is 0 Å². The van der Waals surface area contributed by atoms with E-state index >= 15 is 0 Å². The van der Waals surface area contributed by atoms with Crippen LogP contribution in [0.1, 0.15) is 25.0 Å². The Labute approximate surface area is 112 Å². The lowest BCUT2D eigenvalue weighted by atomic mass is 10.0. The zero-order valence-corrected chi connectivity index (χ0v) is 11.4.